The summed E-state index contributed by atoms with van der Waals surface area (Å²) in [4.78, 5) is 23.9. The maximum absolute atomic E-state index is 12.0. The lowest BCUT2D eigenvalue weighted by atomic mass is 10.1. The minimum absolute atomic E-state index is 0.334. The maximum Gasteiger partial charge on any atom is 0.338 e. The van der Waals surface area contributed by atoms with Gasteiger partial charge in [-0.2, -0.15) is 0 Å². The third kappa shape index (κ3) is 4.84. The fourth-order valence-electron chi connectivity index (χ4n) is 2.23. The summed E-state index contributed by atoms with van der Waals surface area (Å²) in [5, 5.41) is 2.69. The van der Waals surface area contributed by atoms with Crippen molar-refractivity contribution in [1.82, 2.24) is 0 Å². The van der Waals surface area contributed by atoms with Crippen molar-refractivity contribution in [2.24, 2.45) is 0 Å². The molecule has 2 rings (SSSR count). The Balaban J connectivity index is 1.90. The highest BCUT2D eigenvalue weighted by atomic mass is 16.5. The van der Waals surface area contributed by atoms with Gasteiger partial charge in [0.2, 0.25) is 0 Å². The summed E-state index contributed by atoms with van der Waals surface area (Å²) in [7, 11) is 0. The lowest BCUT2D eigenvalue weighted by molar-refractivity contribution is -0.119. The van der Waals surface area contributed by atoms with Crippen LogP contribution in [-0.4, -0.2) is 25.1 Å². The summed E-state index contributed by atoms with van der Waals surface area (Å²) in [6.45, 7) is 5.91. The molecule has 0 aliphatic rings. The van der Waals surface area contributed by atoms with Crippen LogP contribution in [0.3, 0.4) is 0 Å². The summed E-state index contributed by atoms with van der Waals surface area (Å²) >= 11 is 0. The molecule has 0 bridgehead atoms. The van der Waals surface area contributed by atoms with Crippen LogP contribution >= 0.6 is 0 Å². The van der Waals surface area contributed by atoms with Gasteiger partial charge in [0.05, 0.1) is 12.2 Å². The van der Waals surface area contributed by atoms with Crippen molar-refractivity contribution in [2.75, 3.05) is 18.5 Å². The summed E-state index contributed by atoms with van der Waals surface area (Å²) in [6, 6.07) is 12.4. The third-order valence-electron chi connectivity index (χ3n) is 3.35. The summed E-state index contributed by atoms with van der Waals surface area (Å²) in [5.41, 5.74) is 2.94. The number of benzene rings is 2. The Morgan fingerprint density at radius 3 is 2.54 bits per heavy atom. The van der Waals surface area contributed by atoms with Crippen LogP contribution < -0.4 is 10.1 Å². The number of hydrogen-bond acceptors (Lipinski definition) is 4. The Kier molecular flexibility index (Phi) is 5.95. The second-order valence-corrected chi connectivity index (χ2v) is 5.41. The minimum Gasteiger partial charge on any atom is -0.494 e. The average molecular weight is 327 g/mol. The number of anilines is 1. The average Bonchev–Trinajstić information content (AvgIpc) is 2.54. The van der Waals surface area contributed by atoms with E-state index < -0.39 is 5.97 Å². The molecule has 2 aromatic carbocycles. The zero-order chi connectivity index (χ0) is 17.5. The Morgan fingerprint density at radius 2 is 1.88 bits per heavy atom. The Hall–Kier alpha value is -2.82. The highest BCUT2D eigenvalue weighted by Crippen LogP contribution is 2.19. The molecule has 0 saturated carbocycles. The van der Waals surface area contributed by atoms with E-state index in [-0.39, 0.29) is 12.5 Å². The van der Waals surface area contributed by atoms with Crippen LogP contribution in [0, 0.1) is 13.8 Å². The fourth-order valence-corrected chi connectivity index (χ4v) is 2.23. The van der Waals surface area contributed by atoms with Gasteiger partial charge in [-0.3, -0.25) is 4.79 Å². The molecule has 0 aromatic heterocycles. The van der Waals surface area contributed by atoms with Crippen LogP contribution in [0.1, 0.15) is 28.4 Å². The van der Waals surface area contributed by atoms with E-state index in [1.54, 1.807) is 24.3 Å². The van der Waals surface area contributed by atoms with Crippen molar-refractivity contribution in [3.05, 3.63) is 59.2 Å². The zero-order valence-electron chi connectivity index (χ0n) is 14.1. The van der Waals surface area contributed by atoms with Gasteiger partial charge >= 0.3 is 5.97 Å². The predicted octanol–water partition coefficient (Wildman–Crippen LogP) is 3.50. The van der Waals surface area contributed by atoms with E-state index in [2.05, 4.69) is 5.32 Å². The molecule has 5 nitrogen and oxygen atoms in total. The second-order valence-electron chi connectivity index (χ2n) is 5.41. The van der Waals surface area contributed by atoms with E-state index in [1.807, 2.05) is 39.0 Å². The van der Waals surface area contributed by atoms with Crippen LogP contribution in [0.25, 0.3) is 0 Å². The molecule has 0 atom stereocenters. The highest BCUT2D eigenvalue weighted by Gasteiger charge is 2.12. The molecular formula is C19H21NO4. The van der Waals surface area contributed by atoms with E-state index in [0.29, 0.717) is 17.9 Å². The van der Waals surface area contributed by atoms with Crippen LogP contribution in [-0.2, 0) is 9.53 Å². The topological polar surface area (TPSA) is 64.6 Å². The fraction of sp³-hybridized carbons (Fsp3) is 0.263. The number of hydrogen-bond donors (Lipinski definition) is 1. The van der Waals surface area contributed by atoms with Crippen molar-refractivity contribution < 1.29 is 19.1 Å². The number of amides is 1. The van der Waals surface area contributed by atoms with Gasteiger partial charge in [-0.25, -0.2) is 4.79 Å². The minimum atomic E-state index is -0.541. The third-order valence-corrected chi connectivity index (χ3v) is 3.35. The molecule has 0 radical (unpaired) electrons. The molecule has 0 spiro atoms. The molecule has 126 valence electrons. The first-order valence-electron chi connectivity index (χ1n) is 7.76. The molecular weight excluding hydrogens is 306 g/mol. The summed E-state index contributed by atoms with van der Waals surface area (Å²) in [6.07, 6.45) is 0. The van der Waals surface area contributed by atoms with Gasteiger partial charge in [0, 0.05) is 5.69 Å². The van der Waals surface area contributed by atoms with Gasteiger partial charge in [0.25, 0.3) is 5.91 Å². The monoisotopic (exact) mass is 327 g/mol. The summed E-state index contributed by atoms with van der Waals surface area (Å²) in [5.74, 6) is -0.191. The molecule has 1 N–H and O–H groups in total. The van der Waals surface area contributed by atoms with Crippen LogP contribution in [0.5, 0.6) is 5.75 Å². The smallest absolute Gasteiger partial charge is 0.338 e. The van der Waals surface area contributed by atoms with Gasteiger partial charge < -0.3 is 14.8 Å². The SMILES string of the molecule is CCOc1ccc(C(=O)OCC(=O)Nc2cccc(C)c2)cc1C. The first-order chi connectivity index (χ1) is 11.5. The maximum atomic E-state index is 12.0. The van der Waals surface area contributed by atoms with Gasteiger partial charge in [-0.1, -0.05) is 12.1 Å². The number of ether oxygens (including phenoxy) is 2. The number of carbonyl (C=O) groups is 2. The number of nitrogens with one attached hydrogen (secondary N) is 1. The second kappa shape index (κ2) is 8.15. The molecule has 5 heteroatoms. The number of carbonyl (C=O) groups excluding carboxylic acids is 2. The first-order valence-corrected chi connectivity index (χ1v) is 7.76. The molecule has 0 fully saturated rings. The van der Waals surface area contributed by atoms with Crippen molar-refractivity contribution in [3.8, 4) is 5.75 Å². The zero-order valence-corrected chi connectivity index (χ0v) is 14.1. The largest absolute Gasteiger partial charge is 0.494 e. The normalized spacial score (nSPS) is 10.1. The lowest BCUT2D eigenvalue weighted by Crippen LogP contribution is -2.21. The first kappa shape index (κ1) is 17.5. The summed E-state index contributed by atoms with van der Waals surface area (Å²) < 4.78 is 10.5. The molecule has 0 heterocycles. The molecule has 1 amide bonds. The Morgan fingerprint density at radius 1 is 1.08 bits per heavy atom. The van der Waals surface area contributed by atoms with Crippen molar-refractivity contribution >= 4 is 17.6 Å². The quantitative estimate of drug-likeness (QED) is 0.825. The molecule has 0 aliphatic heterocycles. The number of esters is 1. The molecule has 0 unspecified atom stereocenters. The Bertz CT molecular complexity index is 740. The van der Waals surface area contributed by atoms with Crippen LogP contribution in [0.2, 0.25) is 0 Å². The van der Waals surface area contributed by atoms with Gasteiger partial charge in [-0.05, 0) is 62.2 Å². The molecule has 0 saturated heterocycles. The van der Waals surface area contributed by atoms with Crippen molar-refractivity contribution in [2.45, 2.75) is 20.8 Å². The van der Waals surface area contributed by atoms with E-state index in [9.17, 15) is 9.59 Å². The number of rotatable bonds is 6. The molecule has 0 aliphatic carbocycles. The predicted molar refractivity (Wildman–Crippen MR) is 92.4 cm³/mol. The van der Waals surface area contributed by atoms with E-state index >= 15 is 0 Å². The van der Waals surface area contributed by atoms with Crippen LogP contribution in [0.15, 0.2) is 42.5 Å². The molecule has 2 aromatic rings. The van der Waals surface area contributed by atoms with E-state index in [4.69, 9.17) is 9.47 Å². The van der Waals surface area contributed by atoms with Crippen molar-refractivity contribution in [3.63, 3.8) is 0 Å². The standard InChI is InChI=1S/C19H21NO4/c1-4-23-17-9-8-15(11-14(17)3)19(22)24-12-18(21)20-16-7-5-6-13(2)10-16/h5-11H,4,12H2,1-3H3,(H,20,21). The lowest BCUT2D eigenvalue weighted by Gasteiger charge is -2.10. The van der Waals surface area contributed by atoms with Gasteiger partial charge in [0.1, 0.15) is 5.75 Å². The highest BCUT2D eigenvalue weighted by molar-refractivity contribution is 5.95. The number of aryl methyl sites for hydroxylation is 2. The van der Waals surface area contributed by atoms with Gasteiger partial charge in [0.15, 0.2) is 6.61 Å². The van der Waals surface area contributed by atoms with E-state index in [0.717, 1.165) is 16.9 Å². The Labute approximate surface area is 141 Å². The van der Waals surface area contributed by atoms with Crippen LogP contribution in [0.4, 0.5) is 5.69 Å². The van der Waals surface area contributed by atoms with E-state index in [1.165, 1.54) is 0 Å². The van der Waals surface area contributed by atoms with Crippen molar-refractivity contribution in [1.29, 1.82) is 0 Å². The molecule has 24 heavy (non-hydrogen) atoms. The van der Waals surface area contributed by atoms with Gasteiger partial charge in [-0.15, -0.1) is 0 Å².